The molecule has 1 aromatic carbocycles. The second-order valence-corrected chi connectivity index (χ2v) is 7.23. The number of Topliss-reactive ketones (excluding diaryl/α,β-unsaturated/α-hetero) is 1. The molecule has 2 aliphatic rings. The summed E-state index contributed by atoms with van der Waals surface area (Å²) >= 11 is 3.14. The second-order valence-electron chi connectivity index (χ2n) is 6.38. The molecule has 3 rings (SSSR count). The lowest BCUT2D eigenvalue weighted by molar-refractivity contribution is -0.219. The number of hydroxylamine groups is 4. The number of piperidine rings is 1. The number of hydrogen-bond donors (Lipinski definition) is 0. The van der Waals surface area contributed by atoms with E-state index in [-0.39, 0.29) is 10.3 Å². The molecule has 8 heteroatoms. The Morgan fingerprint density at radius 1 is 1.20 bits per heavy atom. The minimum absolute atomic E-state index is 0.197. The van der Waals surface area contributed by atoms with Crippen LogP contribution in [0, 0.1) is 12.7 Å². The topological polar surface area (TPSA) is 59.1 Å². The summed E-state index contributed by atoms with van der Waals surface area (Å²) < 4.78 is 14.0. The predicted octanol–water partition coefficient (Wildman–Crippen LogP) is 2.35. The summed E-state index contributed by atoms with van der Waals surface area (Å²) in [6, 6.07) is 2.85. The lowest BCUT2D eigenvalue weighted by atomic mass is 9.80. The Kier molecular flexibility index (Phi) is 4.98. The van der Waals surface area contributed by atoms with Crippen molar-refractivity contribution in [2.24, 2.45) is 0 Å². The highest BCUT2D eigenvalue weighted by Crippen LogP contribution is 2.44. The van der Waals surface area contributed by atoms with Gasteiger partial charge in [-0.25, -0.2) is 9.45 Å². The third-order valence-electron chi connectivity index (χ3n) is 5.17. The zero-order valence-electron chi connectivity index (χ0n) is 14.3. The molecule has 0 aliphatic carbocycles. The van der Waals surface area contributed by atoms with Crippen LogP contribution in [-0.2, 0) is 19.3 Å². The normalized spacial score (nSPS) is 23.7. The van der Waals surface area contributed by atoms with Crippen LogP contribution in [0.15, 0.2) is 16.6 Å². The van der Waals surface area contributed by atoms with E-state index in [4.69, 9.17) is 9.68 Å². The molecule has 0 saturated carbocycles. The number of carbonyl (C=O) groups excluding carboxylic acids is 2. The van der Waals surface area contributed by atoms with Gasteiger partial charge in [0.15, 0.2) is 5.78 Å². The van der Waals surface area contributed by atoms with Crippen LogP contribution in [0.4, 0.5) is 4.39 Å². The van der Waals surface area contributed by atoms with Gasteiger partial charge in [-0.1, -0.05) is 0 Å². The second kappa shape index (κ2) is 6.75. The van der Waals surface area contributed by atoms with E-state index < -0.39 is 23.2 Å². The van der Waals surface area contributed by atoms with Gasteiger partial charge >= 0.3 is 0 Å². The molecule has 0 aromatic heterocycles. The molecule has 1 aromatic rings. The van der Waals surface area contributed by atoms with E-state index in [0.717, 1.165) is 0 Å². The van der Waals surface area contributed by atoms with Gasteiger partial charge in [0, 0.05) is 13.1 Å². The van der Waals surface area contributed by atoms with Gasteiger partial charge in [0.1, 0.15) is 17.3 Å². The number of carbonyl (C=O) groups is 2. The first-order valence-corrected chi connectivity index (χ1v) is 8.82. The van der Waals surface area contributed by atoms with Crippen LogP contribution < -0.4 is 0 Å². The molecule has 136 valence electrons. The summed E-state index contributed by atoms with van der Waals surface area (Å²) in [6.45, 7) is 2.74. The number of amides is 1. The Morgan fingerprint density at radius 3 is 2.40 bits per heavy atom. The summed E-state index contributed by atoms with van der Waals surface area (Å²) in [4.78, 5) is 36.8. The van der Waals surface area contributed by atoms with Gasteiger partial charge in [0.05, 0.1) is 18.7 Å². The van der Waals surface area contributed by atoms with Crippen LogP contribution >= 0.6 is 15.9 Å². The van der Waals surface area contributed by atoms with Crippen molar-refractivity contribution in [2.45, 2.75) is 31.2 Å². The Morgan fingerprint density at radius 2 is 1.84 bits per heavy atom. The largest absolute Gasteiger partial charge is 0.302 e. The zero-order valence-corrected chi connectivity index (χ0v) is 15.9. The molecule has 1 spiro atoms. The maximum Gasteiger partial charge on any atom is 0.262 e. The highest BCUT2D eigenvalue weighted by molar-refractivity contribution is 9.10. The van der Waals surface area contributed by atoms with Gasteiger partial charge < -0.3 is 4.84 Å². The van der Waals surface area contributed by atoms with Crippen LogP contribution in [0.3, 0.4) is 0 Å². The molecule has 2 heterocycles. The molecular formula is C17H20BrFN2O4. The fourth-order valence-corrected chi connectivity index (χ4v) is 4.17. The number of ketones is 1. The van der Waals surface area contributed by atoms with Crippen molar-refractivity contribution in [1.29, 1.82) is 0 Å². The van der Waals surface area contributed by atoms with E-state index in [1.165, 1.54) is 24.3 Å². The van der Waals surface area contributed by atoms with E-state index in [9.17, 15) is 14.0 Å². The molecule has 2 fully saturated rings. The van der Waals surface area contributed by atoms with E-state index in [2.05, 4.69) is 15.9 Å². The summed E-state index contributed by atoms with van der Waals surface area (Å²) in [5.41, 5.74) is 0.0740. The van der Waals surface area contributed by atoms with Crippen molar-refractivity contribution in [3.63, 3.8) is 0 Å². The SMILES string of the molecule is CON1CCC2(CC1)C(=O)C(c1cc(Br)c(F)cc1C)C(=O)N2OC. The number of aryl methyl sites for hydroxylation is 1. The van der Waals surface area contributed by atoms with Crippen LogP contribution in [-0.4, -0.2) is 54.7 Å². The minimum atomic E-state index is -1.00. The van der Waals surface area contributed by atoms with Crippen molar-refractivity contribution in [3.05, 3.63) is 33.5 Å². The third kappa shape index (κ3) is 2.81. The fraction of sp³-hybridized carbons (Fsp3) is 0.529. The molecule has 0 N–H and O–H groups in total. The zero-order chi connectivity index (χ0) is 18.4. The van der Waals surface area contributed by atoms with Crippen molar-refractivity contribution >= 4 is 27.6 Å². The van der Waals surface area contributed by atoms with Crippen LogP contribution in [0.1, 0.15) is 29.9 Å². The molecule has 0 bridgehead atoms. The first-order valence-electron chi connectivity index (χ1n) is 8.03. The Balaban J connectivity index is 2.02. The summed E-state index contributed by atoms with van der Waals surface area (Å²) in [5.74, 6) is -2.01. The van der Waals surface area contributed by atoms with Gasteiger partial charge in [0.2, 0.25) is 0 Å². The number of benzene rings is 1. The maximum atomic E-state index is 13.7. The van der Waals surface area contributed by atoms with Gasteiger partial charge in [-0.3, -0.25) is 14.4 Å². The van der Waals surface area contributed by atoms with Crippen LogP contribution in [0.25, 0.3) is 0 Å². The van der Waals surface area contributed by atoms with Gasteiger partial charge in [-0.2, -0.15) is 5.06 Å². The lowest BCUT2D eigenvalue weighted by Gasteiger charge is -2.40. The molecule has 1 amide bonds. The van der Waals surface area contributed by atoms with Crippen LogP contribution in [0.2, 0.25) is 0 Å². The first kappa shape index (κ1) is 18.4. The van der Waals surface area contributed by atoms with E-state index in [1.807, 2.05) is 0 Å². The lowest BCUT2D eigenvalue weighted by Crippen LogP contribution is -2.55. The molecule has 6 nitrogen and oxygen atoms in total. The maximum absolute atomic E-state index is 13.7. The molecule has 2 saturated heterocycles. The first-order chi connectivity index (χ1) is 11.9. The third-order valence-corrected chi connectivity index (χ3v) is 5.77. The van der Waals surface area contributed by atoms with Crippen molar-refractivity contribution < 1.29 is 23.7 Å². The highest BCUT2D eigenvalue weighted by atomic mass is 79.9. The van der Waals surface area contributed by atoms with Gasteiger partial charge in [0.25, 0.3) is 5.91 Å². The van der Waals surface area contributed by atoms with Crippen molar-refractivity contribution in [3.8, 4) is 0 Å². The summed E-state index contributed by atoms with van der Waals surface area (Å²) in [6.07, 6.45) is 0.855. The van der Waals surface area contributed by atoms with Crippen molar-refractivity contribution in [2.75, 3.05) is 27.3 Å². The monoisotopic (exact) mass is 414 g/mol. The predicted molar refractivity (Wildman–Crippen MR) is 91.0 cm³/mol. The number of rotatable bonds is 3. The Labute approximate surface area is 153 Å². The molecule has 25 heavy (non-hydrogen) atoms. The fourth-order valence-electron chi connectivity index (χ4n) is 3.81. The van der Waals surface area contributed by atoms with Gasteiger partial charge in [-0.05, 0) is 59.0 Å². The van der Waals surface area contributed by atoms with Gasteiger partial charge in [-0.15, -0.1) is 0 Å². The van der Waals surface area contributed by atoms with Crippen molar-refractivity contribution in [1.82, 2.24) is 10.1 Å². The van der Waals surface area contributed by atoms with E-state index in [1.54, 1.807) is 19.1 Å². The number of nitrogens with zero attached hydrogens (tertiary/aromatic N) is 2. The molecule has 0 radical (unpaired) electrons. The summed E-state index contributed by atoms with van der Waals surface area (Å²) in [5, 5.41) is 2.97. The summed E-state index contributed by atoms with van der Waals surface area (Å²) in [7, 11) is 2.97. The minimum Gasteiger partial charge on any atom is -0.302 e. The van der Waals surface area contributed by atoms with E-state index >= 15 is 0 Å². The standard InChI is InChI=1S/C17H20BrFN2O4/c1-10-8-13(19)12(18)9-11(10)14-15(22)17(21(25-3)16(14)23)4-6-20(24-2)7-5-17/h8-9,14H,4-7H2,1-3H3. The Hall–Kier alpha value is -1.35. The molecule has 1 unspecified atom stereocenters. The number of halogens is 2. The quantitative estimate of drug-likeness (QED) is 0.710. The molecule has 2 aliphatic heterocycles. The Bertz CT molecular complexity index is 719. The molecular weight excluding hydrogens is 395 g/mol. The molecule has 1 atom stereocenters. The van der Waals surface area contributed by atoms with Crippen LogP contribution in [0.5, 0.6) is 0 Å². The average molecular weight is 415 g/mol. The smallest absolute Gasteiger partial charge is 0.262 e. The highest BCUT2D eigenvalue weighted by Gasteiger charge is 2.60. The van der Waals surface area contributed by atoms with E-state index in [0.29, 0.717) is 37.1 Å². The average Bonchev–Trinajstić information content (AvgIpc) is 2.79. The number of hydrogen-bond acceptors (Lipinski definition) is 5.